The van der Waals surface area contributed by atoms with Crippen molar-refractivity contribution in [3.05, 3.63) is 23.8 Å². The van der Waals surface area contributed by atoms with Crippen LogP contribution in [0.1, 0.15) is 18.4 Å². The van der Waals surface area contributed by atoms with Crippen molar-refractivity contribution in [1.29, 1.82) is 0 Å². The van der Waals surface area contributed by atoms with Gasteiger partial charge < -0.3 is 14.4 Å². The van der Waals surface area contributed by atoms with E-state index in [0.717, 1.165) is 31.2 Å². The third kappa shape index (κ3) is 5.89. The highest BCUT2D eigenvalue weighted by molar-refractivity contribution is 7.88. The molecule has 1 atom stereocenters. The number of rotatable bonds is 8. The summed E-state index contributed by atoms with van der Waals surface area (Å²) in [7, 11) is -0.0290. The molecule has 0 aliphatic carbocycles. The summed E-state index contributed by atoms with van der Waals surface area (Å²) in [4.78, 5) is 14.0. The van der Waals surface area contributed by atoms with Gasteiger partial charge in [-0.1, -0.05) is 6.07 Å². The predicted molar refractivity (Wildman–Crippen MR) is 95.4 cm³/mol. The van der Waals surface area contributed by atoms with Crippen molar-refractivity contribution in [2.45, 2.75) is 19.3 Å². The number of carbonyl (C=O) groups is 1. The first kappa shape index (κ1) is 19.5. The first-order chi connectivity index (χ1) is 11.8. The minimum Gasteiger partial charge on any atom is -0.493 e. The Morgan fingerprint density at radius 3 is 2.64 bits per heavy atom. The van der Waals surface area contributed by atoms with Gasteiger partial charge in [-0.2, -0.15) is 0 Å². The quantitative estimate of drug-likeness (QED) is 0.739. The minimum absolute atomic E-state index is 0.00837. The number of carbonyl (C=O) groups excluding carboxylic acids is 1. The topological polar surface area (TPSA) is 84.9 Å². The fraction of sp³-hybridized carbons (Fsp3) is 0.588. The molecule has 1 fully saturated rings. The van der Waals surface area contributed by atoms with E-state index in [4.69, 9.17) is 9.47 Å². The van der Waals surface area contributed by atoms with Crippen LogP contribution in [0.4, 0.5) is 0 Å². The van der Waals surface area contributed by atoms with E-state index in [1.165, 1.54) is 0 Å². The fourth-order valence-electron chi connectivity index (χ4n) is 3.07. The van der Waals surface area contributed by atoms with Crippen LogP contribution in [0.15, 0.2) is 18.2 Å². The number of benzene rings is 1. The number of methoxy groups -OCH3 is 2. The van der Waals surface area contributed by atoms with Gasteiger partial charge in [0, 0.05) is 26.1 Å². The lowest BCUT2D eigenvalue weighted by molar-refractivity contribution is -0.130. The van der Waals surface area contributed by atoms with Crippen molar-refractivity contribution in [3.8, 4) is 11.5 Å². The van der Waals surface area contributed by atoms with Gasteiger partial charge in [0.05, 0.1) is 20.5 Å². The molecule has 1 N–H and O–H groups in total. The zero-order valence-electron chi connectivity index (χ0n) is 14.9. The second-order valence-electron chi connectivity index (χ2n) is 6.30. The summed E-state index contributed by atoms with van der Waals surface area (Å²) in [6.07, 6.45) is 3.09. The molecular weight excluding hydrogens is 344 g/mol. The van der Waals surface area contributed by atoms with Gasteiger partial charge in [-0.05, 0) is 36.5 Å². The highest BCUT2D eigenvalue weighted by atomic mass is 32.2. The van der Waals surface area contributed by atoms with Crippen molar-refractivity contribution < 1.29 is 22.7 Å². The second kappa shape index (κ2) is 8.53. The molecule has 0 saturated carbocycles. The molecule has 1 aromatic rings. The Balaban J connectivity index is 1.85. The first-order valence-corrected chi connectivity index (χ1v) is 10.1. The Morgan fingerprint density at radius 1 is 1.28 bits per heavy atom. The number of sulfonamides is 1. The highest BCUT2D eigenvalue weighted by Gasteiger charge is 2.26. The molecule has 1 saturated heterocycles. The molecule has 1 heterocycles. The lowest BCUT2D eigenvalue weighted by Crippen LogP contribution is -2.33. The normalized spacial score (nSPS) is 17.6. The van der Waals surface area contributed by atoms with Gasteiger partial charge in [-0.25, -0.2) is 13.1 Å². The summed E-state index contributed by atoms with van der Waals surface area (Å²) in [5, 5.41) is 0. The molecular formula is C17H26N2O5S. The van der Waals surface area contributed by atoms with Crippen LogP contribution in [0.2, 0.25) is 0 Å². The summed E-state index contributed by atoms with van der Waals surface area (Å²) in [6.45, 7) is 1.57. The van der Waals surface area contributed by atoms with Gasteiger partial charge in [-0.15, -0.1) is 0 Å². The average Bonchev–Trinajstić information content (AvgIpc) is 3.02. The van der Waals surface area contributed by atoms with Gasteiger partial charge in [0.2, 0.25) is 15.9 Å². The molecule has 1 aliphatic rings. The zero-order chi connectivity index (χ0) is 18.4. The molecule has 0 bridgehead atoms. The number of ether oxygens (including phenoxy) is 2. The van der Waals surface area contributed by atoms with Gasteiger partial charge in [-0.3, -0.25) is 4.79 Å². The van der Waals surface area contributed by atoms with E-state index in [2.05, 4.69) is 4.72 Å². The molecule has 1 amide bonds. The van der Waals surface area contributed by atoms with Crippen LogP contribution in [0.3, 0.4) is 0 Å². The first-order valence-electron chi connectivity index (χ1n) is 8.25. The van der Waals surface area contributed by atoms with E-state index < -0.39 is 10.0 Å². The summed E-state index contributed by atoms with van der Waals surface area (Å²) >= 11 is 0. The minimum atomic E-state index is -3.25. The Morgan fingerprint density at radius 2 is 2.00 bits per heavy atom. The number of nitrogens with one attached hydrogen (secondary N) is 1. The van der Waals surface area contributed by atoms with Gasteiger partial charge in [0.15, 0.2) is 11.5 Å². The highest BCUT2D eigenvalue weighted by Crippen LogP contribution is 2.30. The third-order valence-corrected chi connectivity index (χ3v) is 5.04. The SMILES string of the molecule is COc1ccc(CC2CCN(C(=O)CCNS(C)(=O)=O)C2)cc1OC. The van der Waals surface area contributed by atoms with Gasteiger partial charge >= 0.3 is 0 Å². The molecule has 1 unspecified atom stereocenters. The van der Waals surface area contributed by atoms with Crippen LogP contribution in [0.25, 0.3) is 0 Å². The monoisotopic (exact) mass is 370 g/mol. The maximum Gasteiger partial charge on any atom is 0.223 e. The van der Waals surface area contributed by atoms with E-state index in [0.29, 0.717) is 24.0 Å². The van der Waals surface area contributed by atoms with Crippen LogP contribution >= 0.6 is 0 Å². The zero-order valence-corrected chi connectivity index (χ0v) is 15.8. The Hall–Kier alpha value is -1.80. The Kier molecular flexibility index (Phi) is 6.66. The number of amides is 1. The Bertz CT molecular complexity index is 705. The number of hydrogen-bond donors (Lipinski definition) is 1. The summed E-state index contributed by atoms with van der Waals surface area (Å²) < 4.78 is 35.0. The van der Waals surface area contributed by atoms with Crippen LogP contribution in [-0.4, -0.2) is 59.3 Å². The molecule has 1 aromatic carbocycles. The van der Waals surface area contributed by atoms with Crippen molar-refractivity contribution >= 4 is 15.9 Å². The van der Waals surface area contributed by atoms with Crippen molar-refractivity contribution in [2.75, 3.05) is 40.1 Å². The molecule has 7 nitrogen and oxygen atoms in total. The van der Waals surface area contributed by atoms with E-state index in [1.54, 1.807) is 14.2 Å². The van der Waals surface area contributed by atoms with Crippen molar-refractivity contribution in [1.82, 2.24) is 9.62 Å². The van der Waals surface area contributed by atoms with Gasteiger partial charge in [0.1, 0.15) is 0 Å². The number of likely N-dealkylation sites (tertiary alicyclic amines) is 1. The average molecular weight is 370 g/mol. The molecule has 8 heteroatoms. The van der Waals surface area contributed by atoms with Crippen molar-refractivity contribution in [3.63, 3.8) is 0 Å². The lowest BCUT2D eigenvalue weighted by atomic mass is 9.98. The van der Waals surface area contributed by atoms with Crippen LogP contribution in [0.5, 0.6) is 11.5 Å². The van der Waals surface area contributed by atoms with Crippen LogP contribution in [0, 0.1) is 5.92 Å². The fourth-order valence-corrected chi connectivity index (χ4v) is 3.54. The van der Waals surface area contributed by atoms with E-state index in [-0.39, 0.29) is 18.9 Å². The van der Waals surface area contributed by atoms with Crippen LogP contribution < -0.4 is 14.2 Å². The molecule has 25 heavy (non-hydrogen) atoms. The summed E-state index contributed by atoms with van der Waals surface area (Å²) in [6, 6.07) is 5.88. The van der Waals surface area contributed by atoms with Crippen LogP contribution in [-0.2, 0) is 21.2 Å². The smallest absolute Gasteiger partial charge is 0.223 e. The molecule has 0 radical (unpaired) electrons. The third-order valence-electron chi connectivity index (χ3n) is 4.31. The Labute approximate surface area is 149 Å². The van der Waals surface area contributed by atoms with E-state index >= 15 is 0 Å². The van der Waals surface area contributed by atoms with Gasteiger partial charge in [0.25, 0.3) is 0 Å². The second-order valence-corrected chi connectivity index (χ2v) is 8.14. The largest absolute Gasteiger partial charge is 0.493 e. The van der Waals surface area contributed by atoms with Crippen molar-refractivity contribution in [2.24, 2.45) is 5.92 Å². The molecule has 140 valence electrons. The standard InChI is InChI=1S/C17H26N2O5S/c1-23-15-5-4-13(11-16(15)24-2)10-14-7-9-19(12-14)17(20)6-8-18-25(3,21)22/h4-5,11,14,18H,6-10,12H2,1-3H3. The number of nitrogens with zero attached hydrogens (tertiary/aromatic N) is 1. The summed E-state index contributed by atoms with van der Waals surface area (Å²) in [5.74, 6) is 1.79. The summed E-state index contributed by atoms with van der Waals surface area (Å²) in [5.41, 5.74) is 1.15. The van der Waals surface area contributed by atoms with E-state index in [9.17, 15) is 13.2 Å². The lowest BCUT2D eigenvalue weighted by Gasteiger charge is -2.17. The molecule has 0 spiro atoms. The maximum atomic E-state index is 12.2. The maximum absolute atomic E-state index is 12.2. The molecule has 2 rings (SSSR count). The van der Waals surface area contributed by atoms with E-state index in [1.807, 2.05) is 23.1 Å². The molecule has 1 aliphatic heterocycles. The number of hydrogen-bond acceptors (Lipinski definition) is 5. The molecule has 0 aromatic heterocycles. The predicted octanol–water partition coefficient (Wildman–Crippen LogP) is 1.03.